The van der Waals surface area contributed by atoms with E-state index < -0.39 is 55.7 Å². The number of carbonyl (C=O) groups is 1. The molecule has 1 aromatic rings. The lowest BCUT2D eigenvalue weighted by Gasteiger charge is -2.27. The zero-order valence-electron chi connectivity index (χ0n) is 16.4. The molecule has 2 rings (SSSR count). The molecule has 0 unspecified atom stereocenters. The maximum Gasteiger partial charge on any atom is 0.311 e. The van der Waals surface area contributed by atoms with Crippen LogP contribution in [0.3, 0.4) is 0 Å². The number of anilines is 1. The third-order valence-electron chi connectivity index (χ3n) is 1.74. The summed E-state index contributed by atoms with van der Waals surface area (Å²) in [5.74, 6) is -2.58. The second-order valence-electron chi connectivity index (χ2n) is 2.99. The van der Waals surface area contributed by atoms with E-state index in [2.05, 4.69) is 14.7 Å². The fourth-order valence-electron chi connectivity index (χ4n) is 1.14. The Balaban J connectivity index is 2.70. The summed E-state index contributed by atoms with van der Waals surface area (Å²) < 4.78 is 66.1. The van der Waals surface area contributed by atoms with Crippen molar-refractivity contribution in [2.24, 2.45) is 0 Å². The maximum absolute atomic E-state index is 11.7. The minimum absolute atomic E-state index is 0.00406. The average molecular weight is 247 g/mol. The smallest absolute Gasteiger partial charge is 0.311 e. The highest BCUT2D eigenvalue weighted by Gasteiger charge is 2.14. The summed E-state index contributed by atoms with van der Waals surface area (Å²) in [5.41, 5.74) is -0.944. The first-order valence-corrected chi connectivity index (χ1v) is 4.44. The molecule has 7 heteroatoms. The van der Waals surface area contributed by atoms with Crippen LogP contribution in [-0.2, 0) is 16.0 Å². The largest absolute Gasteiger partial charge is 0.481 e. The van der Waals surface area contributed by atoms with E-state index in [0.29, 0.717) is 6.07 Å². The minimum atomic E-state index is -3.31. The molecule has 1 aliphatic heterocycles. The highest BCUT2D eigenvalue weighted by molar-refractivity contribution is 5.69. The lowest BCUT2D eigenvalue weighted by atomic mass is 10.3. The van der Waals surface area contributed by atoms with Gasteiger partial charge in [0.1, 0.15) is 18.1 Å². The van der Waals surface area contributed by atoms with Gasteiger partial charge in [0.25, 0.3) is 5.56 Å². The van der Waals surface area contributed by atoms with Crippen LogP contribution < -0.4 is 10.5 Å². The molecule has 0 amide bonds. The van der Waals surface area contributed by atoms with Crippen molar-refractivity contribution in [3.63, 3.8) is 0 Å². The van der Waals surface area contributed by atoms with E-state index in [0.717, 1.165) is 0 Å². The van der Waals surface area contributed by atoms with Crippen LogP contribution in [0.25, 0.3) is 0 Å². The minimum Gasteiger partial charge on any atom is -0.481 e. The normalized spacial score (nSPS) is 34.7. The van der Waals surface area contributed by atoms with E-state index in [1.165, 1.54) is 0 Å². The summed E-state index contributed by atoms with van der Waals surface area (Å²) in [5, 5.41) is 8.77. The van der Waals surface area contributed by atoms with E-state index in [4.69, 9.17) is 16.1 Å². The Labute approximate surface area is 108 Å². The van der Waals surface area contributed by atoms with Crippen molar-refractivity contribution in [2.45, 2.75) is 6.42 Å². The maximum atomic E-state index is 11.7. The van der Waals surface area contributed by atoms with E-state index in [-0.39, 0.29) is 4.90 Å². The monoisotopic (exact) mass is 247 g/mol. The topological polar surface area (TPSA) is 95.5 Å². The molecule has 1 aliphatic rings. The van der Waals surface area contributed by atoms with Gasteiger partial charge in [-0.1, -0.05) is 0 Å². The van der Waals surface area contributed by atoms with Crippen LogP contribution in [0.1, 0.15) is 16.8 Å². The molecule has 2 heterocycles. The quantitative estimate of drug-likeness (QED) is 0.728. The van der Waals surface area contributed by atoms with Crippen LogP contribution in [0, 0.1) is 0 Å². The number of nitrogens with one attached hydrogen (secondary N) is 1. The van der Waals surface area contributed by atoms with Crippen molar-refractivity contribution in [1.29, 1.82) is 0 Å². The number of carboxylic acids is 1. The van der Waals surface area contributed by atoms with Crippen molar-refractivity contribution in [2.75, 3.05) is 31.0 Å². The van der Waals surface area contributed by atoms with Crippen molar-refractivity contribution >= 4 is 11.8 Å². The molecule has 0 bridgehead atoms. The van der Waals surface area contributed by atoms with Crippen LogP contribution in [0.2, 0.25) is 0 Å². The highest BCUT2D eigenvalue weighted by atomic mass is 16.5. The van der Waals surface area contributed by atoms with Gasteiger partial charge in [0, 0.05) is 19.1 Å². The van der Waals surface area contributed by atoms with Crippen molar-refractivity contribution in [1.82, 2.24) is 9.97 Å². The number of carboxylic acid groups (broad SMARTS) is 1. The van der Waals surface area contributed by atoms with Gasteiger partial charge in [-0.3, -0.25) is 9.59 Å². The zero-order valence-corrected chi connectivity index (χ0v) is 8.35. The summed E-state index contributed by atoms with van der Waals surface area (Å²) in [6, 6.07) is 0.610. The van der Waals surface area contributed by atoms with Gasteiger partial charge < -0.3 is 19.7 Å². The van der Waals surface area contributed by atoms with Crippen LogP contribution in [0.15, 0.2) is 10.9 Å². The lowest BCUT2D eigenvalue weighted by Crippen LogP contribution is -2.37. The number of nitrogens with zero attached hydrogens (tertiary/aromatic N) is 2. The first-order valence-electron chi connectivity index (χ1n) is 8.44. The Bertz CT molecular complexity index is 739. The summed E-state index contributed by atoms with van der Waals surface area (Å²) >= 11 is 0. The second kappa shape index (κ2) is 4.96. The number of ether oxygens (including phenoxy) is 1. The van der Waals surface area contributed by atoms with Crippen LogP contribution >= 0.6 is 0 Å². The second-order valence-corrected chi connectivity index (χ2v) is 2.99. The molecular formula is C10H13N3O4. The SMILES string of the molecule is [2H]C1([2H])OC([2H])([2H])C([2H])([2H])N(c2cc(=O)[nH]c(CC(=O)O)n2)C1([2H])[2H]. The highest BCUT2D eigenvalue weighted by Crippen LogP contribution is 2.10. The summed E-state index contributed by atoms with van der Waals surface area (Å²) in [4.78, 5) is 28.2. The zero-order chi connectivity index (χ0) is 19.4. The molecule has 17 heavy (non-hydrogen) atoms. The first kappa shape index (κ1) is 5.18. The first-order chi connectivity index (χ1) is 11.1. The standard InChI is InChI=1S/C10H13N3O4/c14-9-6-8(13-1-3-17-4-2-13)11-7(12-9)5-10(15)16/h6H,1-5H2,(H,15,16)(H,11,12,14)/i1D2,2D2,3D2,4D2. The molecule has 1 fully saturated rings. The van der Waals surface area contributed by atoms with Gasteiger partial charge >= 0.3 is 5.97 Å². The number of H-pyrrole nitrogens is 1. The molecule has 7 nitrogen and oxygen atoms in total. The summed E-state index contributed by atoms with van der Waals surface area (Å²) in [7, 11) is 0. The molecule has 0 radical (unpaired) electrons. The molecule has 1 saturated heterocycles. The molecule has 0 aliphatic carbocycles. The number of hydrogen-bond donors (Lipinski definition) is 2. The van der Waals surface area contributed by atoms with E-state index >= 15 is 0 Å². The number of morpholine rings is 1. The molecular weight excluding hydrogens is 226 g/mol. The molecule has 0 saturated carbocycles. The van der Waals surface area contributed by atoms with Gasteiger partial charge in [-0.05, 0) is 0 Å². The van der Waals surface area contributed by atoms with Crippen molar-refractivity contribution < 1.29 is 25.6 Å². The fourth-order valence-corrected chi connectivity index (χ4v) is 1.14. The molecule has 2 N–H and O–H groups in total. The van der Waals surface area contributed by atoms with Gasteiger partial charge in [-0.25, -0.2) is 4.98 Å². The molecule has 0 atom stereocenters. The third kappa shape index (κ3) is 3.04. The van der Waals surface area contributed by atoms with Gasteiger partial charge in [-0.15, -0.1) is 0 Å². The lowest BCUT2D eigenvalue weighted by molar-refractivity contribution is -0.136. The van der Waals surface area contributed by atoms with Crippen LogP contribution in [-0.4, -0.2) is 47.2 Å². The Kier molecular flexibility index (Phi) is 1.51. The molecule has 1 aromatic heterocycles. The van der Waals surface area contributed by atoms with Crippen LogP contribution in [0.4, 0.5) is 5.82 Å². The van der Waals surface area contributed by atoms with E-state index in [1.54, 1.807) is 0 Å². The molecule has 92 valence electrons. The Morgan fingerprint density at radius 1 is 1.65 bits per heavy atom. The number of aromatic nitrogens is 2. The Morgan fingerprint density at radius 2 is 2.35 bits per heavy atom. The van der Waals surface area contributed by atoms with Gasteiger partial charge in [-0.2, -0.15) is 0 Å². The van der Waals surface area contributed by atoms with Gasteiger partial charge in [0.2, 0.25) is 0 Å². The van der Waals surface area contributed by atoms with Crippen molar-refractivity contribution in [3.8, 4) is 0 Å². The summed E-state index contributed by atoms with van der Waals surface area (Å²) in [6.07, 6.45) is -0.765. The number of aliphatic carboxylic acids is 1. The number of hydrogen-bond acceptors (Lipinski definition) is 5. The van der Waals surface area contributed by atoms with Gasteiger partial charge in [0.05, 0.1) is 24.1 Å². The number of aromatic amines is 1. The molecule has 0 spiro atoms. The average Bonchev–Trinajstić information content (AvgIpc) is 2.33. The van der Waals surface area contributed by atoms with E-state index in [9.17, 15) is 9.59 Å². The third-order valence-corrected chi connectivity index (χ3v) is 1.74. The Hall–Kier alpha value is -1.89. The van der Waals surface area contributed by atoms with E-state index in [1.807, 2.05) is 0 Å². The molecule has 0 aromatic carbocycles. The number of rotatable bonds is 3. The van der Waals surface area contributed by atoms with Crippen LogP contribution in [0.5, 0.6) is 0 Å². The van der Waals surface area contributed by atoms with Gasteiger partial charge in [0.15, 0.2) is 0 Å². The van der Waals surface area contributed by atoms with Crippen molar-refractivity contribution in [3.05, 3.63) is 22.2 Å². The fraction of sp³-hybridized carbons (Fsp3) is 0.500. The predicted octanol–water partition coefficient (Wildman–Crippen LogP) is -0.766. The predicted molar refractivity (Wildman–Crippen MR) is 59.2 cm³/mol. The summed E-state index contributed by atoms with van der Waals surface area (Å²) in [6.45, 7) is -13.2. The Morgan fingerprint density at radius 3 is 3.00 bits per heavy atom.